The summed E-state index contributed by atoms with van der Waals surface area (Å²) in [6.45, 7) is 4.43. The van der Waals surface area contributed by atoms with E-state index in [-0.39, 0.29) is 10.5 Å². The van der Waals surface area contributed by atoms with Crippen LogP contribution in [0, 0.1) is 5.92 Å². The highest BCUT2D eigenvalue weighted by atomic mass is 32.2. The van der Waals surface area contributed by atoms with Crippen molar-refractivity contribution in [2.45, 2.75) is 25.2 Å². The molecular weight excluding hydrogens is 268 g/mol. The van der Waals surface area contributed by atoms with Crippen molar-refractivity contribution in [3.05, 3.63) is 28.7 Å². The fourth-order valence-electron chi connectivity index (χ4n) is 1.66. The molecular formula is C12H16N2O4S. The maximum absolute atomic E-state index is 12.0. The number of aromatic nitrogens is 1. The third-order valence-electron chi connectivity index (χ3n) is 2.72. The quantitative estimate of drug-likeness (QED) is 0.869. The van der Waals surface area contributed by atoms with Crippen LogP contribution in [-0.4, -0.2) is 19.9 Å². The summed E-state index contributed by atoms with van der Waals surface area (Å²) in [6.07, 6.45) is 0.765. The Balaban J connectivity index is 2.24. The molecule has 0 atom stereocenters. The lowest BCUT2D eigenvalue weighted by Crippen LogP contribution is -2.25. The summed E-state index contributed by atoms with van der Waals surface area (Å²) in [4.78, 5) is 13.6. The van der Waals surface area contributed by atoms with Gasteiger partial charge in [-0.15, -0.1) is 0 Å². The molecule has 0 aliphatic heterocycles. The topological polar surface area (TPSA) is 92.2 Å². The smallest absolute Gasteiger partial charge is 0.408 e. The van der Waals surface area contributed by atoms with Crippen LogP contribution in [0.3, 0.4) is 0 Å². The third-order valence-corrected chi connectivity index (χ3v) is 4.18. The van der Waals surface area contributed by atoms with E-state index in [4.69, 9.17) is 4.42 Å². The van der Waals surface area contributed by atoms with Crippen molar-refractivity contribution in [2.24, 2.45) is 5.92 Å². The summed E-state index contributed by atoms with van der Waals surface area (Å²) >= 11 is 0. The molecule has 1 aromatic carbocycles. The highest BCUT2D eigenvalue weighted by molar-refractivity contribution is 7.89. The number of H-pyrrole nitrogens is 1. The van der Waals surface area contributed by atoms with Crippen LogP contribution in [0.1, 0.15) is 20.3 Å². The van der Waals surface area contributed by atoms with E-state index < -0.39 is 15.8 Å². The standard InChI is InChI=1S/C12H16N2O4S/c1-8(2)5-6-13-19(16,17)9-3-4-10-11(7-9)18-12(15)14-10/h3-4,7-8,13H,5-6H2,1-2H3,(H,14,15). The van der Waals surface area contributed by atoms with Gasteiger partial charge in [-0.05, 0) is 24.5 Å². The van der Waals surface area contributed by atoms with Gasteiger partial charge in [0.1, 0.15) is 0 Å². The van der Waals surface area contributed by atoms with Gasteiger partial charge in [-0.25, -0.2) is 17.9 Å². The molecule has 0 unspecified atom stereocenters. The van der Waals surface area contributed by atoms with Crippen molar-refractivity contribution in [1.29, 1.82) is 0 Å². The van der Waals surface area contributed by atoms with Gasteiger partial charge in [0.2, 0.25) is 10.0 Å². The molecule has 0 aliphatic carbocycles. The van der Waals surface area contributed by atoms with Gasteiger partial charge in [-0.3, -0.25) is 4.98 Å². The van der Waals surface area contributed by atoms with Gasteiger partial charge in [-0.1, -0.05) is 13.8 Å². The second kappa shape index (κ2) is 5.18. The lowest BCUT2D eigenvalue weighted by atomic mass is 10.1. The Morgan fingerprint density at radius 3 is 2.79 bits per heavy atom. The maximum atomic E-state index is 12.0. The molecule has 0 bridgehead atoms. The molecule has 0 saturated carbocycles. The van der Waals surface area contributed by atoms with Gasteiger partial charge in [0.15, 0.2) is 5.58 Å². The monoisotopic (exact) mass is 284 g/mol. The molecule has 104 valence electrons. The highest BCUT2D eigenvalue weighted by Crippen LogP contribution is 2.16. The Labute approximate surface area is 110 Å². The Kier molecular flexibility index (Phi) is 3.77. The molecule has 2 rings (SSSR count). The molecule has 1 aromatic heterocycles. The first-order valence-electron chi connectivity index (χ1n) is 6.01. The zero-order chi connectivity index (χ0) is 14.0. The van der Waals surface area contributed by atoms with Gasteiger partial charge in [0.05, 0.1) is 10.4 Å². The predicted molar refractivity (Wildman–Crippen MR) is 71.5 cm³/mol. The van der Waals surface area contributed by atoms with Crippen molar-refractivity contribution in [2.75, 3.05) is 6.54 Å². The van der Waals surface area contributed by atoms with Crippen molar-refractivity contribution < 1.29 is 12.8 Å². The van der Waals surface area contributed by atoms with Gasteiger partial charge in [0, 0.05) is 12.6 Å². The fourth-order valence-corrected chi connectivity index (χ4v) is 2.72. The lowest BCUT2D eigenvalue weighted by Gasteiger charge is -2.08. The van der Waals surface area contributed by atoms with Crippen LogP contribution in [0.4, 0.5) is 0 Å². The largest absolute Gasteiger partial charge is 0.417 e. The Morgan fingerprint density at radius 2 is 2.11 bits per heavy atom. The zero-order valence-corrected chi connectivity index (χ0v) is 11.6. The fraction of sp³-hybridized carbons (Fsp3) is 0.417. The number of sulfonamides is 1. The van der Waals surface area contributed by atoms with E-state index in [0.29, 0.717) is 18.0 Å². The van der Waals surface area contributed by atoms with E-state index in [1.54, 1.807) is 0 Å². The van der Waals surface area contributed by atoms with Crippen LogP contribution in [0.2, 0.25) is 0 Å². The second-order valence-corrected chi connectivity index (χ2v) is 6.52. The van der Waals surface area contributed by atoms with E-state index in [2.05, 4.69) is 9.71 Å². The van der Waals surface area contributed by atoms with Gasteiger partial charge in [0.25, 0.3) is 0 Å². The minimum atomic E-state index is -3.56. The molecule has 0 aliphatic rings. The number of aromatic amines is 1. The molecule has 2 aromatic rings. The highest BCUT2D eigenvalue weighted by Gasteiger charge is 2.15. The summed E-state index contributed by atoms with van der Waals surface area (Å²) in [6, 6.07) is 4.29. The van der Waals surface area contributed by atoms with Crippen LogP contribution in [-0.2, 0) is 10.0 Å². The molecule has 0 radical (unpaired) electrons. The molecule has 6 nitrogen and oxygen atoms in total. The molecule has 0 spiro atoms. The summed E-state index contributed by atoms with van der Waals surface area (Å²) in [5.41, 5.74) is 0.711. The van der Waals surface area contributed by atoms with Crippen LogP contribution in [0.25, 0.3) is 11.1 Å². The minimum Gasteiger partial charge on any atom is -0.408 e. The van der Waals surface area contributed by atoms with Crippen molar-refractivity contribution in [1.82, 2.24) is 9.71 Å². The first kappa shape index (κ1) is 13.8. The van der Waals surface area contributed by atoms with E-state index in [9.17, 15) is 13.2 Å². The predicted octanol–water partition coefficient (Wildman–Crippen LogP) is 1.45. The molecule has 7 heteroatoms. The summed E-state index contributed by atoms with van der Waals surface area (Å²) in [5.74, 6) is -0.176. The van der Waals surface area contributed by atoms with Crippen molar-refractivity contribution in [3.8, 4) is 0 Å². The number of nitrogens with one attached hydrogen (secondary N) is 2. The molecule has 19 heavy (non-hydrogen) atoms. The third kappa shape index (κ3) is 3.24. The van der Waals surface area contributed by atoms with Crippen molar-refractivity contribution in [3.63, 3.8) is 0 Å². The maximum Gasteiger partial charge on any atom is 0.417 e. The van der Waals surface area contributed by atoms with Crippen molar-refractivity contribution >= 4 is 21.1 Å². The number of fused-ring (bicyclic) bond motifs is 1. The molecule has 2 N–H and O–H groups in total. The molecule has 1 heterocycles. The molecule has 0 saturated heterocycles. The molecule has 0 fully saturated rings. The van der Waals surface area contributed by atoms with Gasteiger partial charge >= 0.3 is 5.76 Å². The Morgan fingerprint density at radius 1 is 1.37 bits per heavy atom. The number of rotatable bonds is 5. The Bertz CT molecular complexity index is 728. The normalized spacial score (nSPS) is 12.4. The van der Waals surface area contributed by atoms with E-state index in [0.717, 1.165) is 6.42 Å². The van der Waals surface area contributed by atoms with Crippen LogP contribution in [0.15, 0.2) is 32.3 Å². The average molecular weight is 284 g/mol. The minimum absolute atomic E-state index is 0.0894. The number of hydrogen-bond donors (Lipinski definition) is 2. The average Bonchev–Trinajstić information content (AvgIpc) is 2.67. The van der Waals surface area contributed by atoms with Gasteiger partial charge in [-0.2, -0.15) is 0 Å². The van der Waals surface area contributed by atoms with E-state index >= 15 is 0 Å². The lowest BCUT2D eigenvalue weighted by molar-refractivity contribution is 0.548. The summed E-state index contributed by atoms with van der Waals surface area (Å²) in [5, 5.41) is 0. The summed E-state index contributed by atoms with van der Waals surface area (Å²) < 4.78 is 31.4. The summed E-state index contributed by atoms with van der Waals surface area (Å²) in [7, 11) is -3.56. The van der Waals surface area contributed by atoms with E-state index in [1.165, 1.54) is 18.2 Å². The number of benzene rings is 1. The Hall–Kier alpha value is -1.60. The van der Waals surface area contributed by atoms with E-state index in [1.807, 2.05) is 13.8 Å². The van der Waals surface area contributed by atoms with Crippen LogP contribution >= 0.6 is 0 Å². The number of oxazole rings is 1. The van der Waals surface area contributed by atoms with Crippen LogP contribution < -0.4 is 10.5 Å². The van der Waals surface area contributed by atoms with Gasteiger partial charge < -0.3 is 4.42 Å². The first-order valence-corrected chi connectivity index (χ1v) is 7.49. The number of hydrogen-bond acceptors (Lipinski definition) is 4. The van der Waals surface area contributed by atoms with Crippen LogP contribution in [0.5, 0.6) is 0 Å². The molecule has 0 amide bonds. The second-order valence-electron chi connectivity index (χ2n) is 4.75. The SMILES string of the molecule is CC(C)CCNS(=O)(=O)c1ccc2[nH]c(=O)oc2c1. The zero-order valence-electron chi connectivity index (χ0n) is 10.8. The first-order chi connectivity index (χ1) is 8.88.